The number of carbonyl (C=O) groups is 2. The topological polar surface area (TPSA) is 167 Å². The first kappa shape index (κ1) is 35.5. The number of urea groups is 1. The van der Waals surface area contributed by atoms with Crippen LogP contribution in [0, 0.1) is 11.6 Å². The highest BCUT2D eigenvalue weighted by Crippen LogP contribution is 2.29. The lowest BCUT2D eigenvalue weighted by Gasteiger charge is -2.36. The maximum atomic E-state index is 15.5. The van der Waals surface area contributed by atoms with Gasteiger partial charge in [0.15, 0.2) is 11.6 Å². The van der Waals surface area contributed by atoms with Gasteiger partial charge in [0.1, 0.15) is 22.7 Å². The van der Waals surface area contributed by atoms with Crippen LogP contribution in [0.4, 0.5) is 36.8 Å². The lowest BCUT2D eigenvalue weighted by Crippen LogP contribution is -2.48. The minimum atomic E-state index is -0.898. The summed E-state index contributed by atoms with van der Waals surface area (Å²) >= 11 is 0. The van der Waals surface area contributed by atoms with Crippen LogP contribution in [0.3, 0.4) is 0 Å². The number of fused-ring (bicyclic) bond motifs is 2. The third-order valence-corrected chi connectivity index (χ3v) is 9.81. The van der Waals surface area contributed by atoms with E-state index in [1.54, 1.807) is 20.1 Å². The molecule has 4 aromatic heterocycles. The summed E-state index contributed by atoms with van der Waals surface area (Å²) in [5, 5.41) is 12.7. The van der Waals surface area contributed by atoms with Crippen LogP contribution >= 0.6 is 0 Å². The van der Waals surface area contributed by atoms with Crippen LogP contribution < -0.4 is 31.3 Å². The Balaban J connectivity index is 1.11. The molecule has 2 saturated heterocycles. The van der Waals surface area contributed by atoms with Crippen molar-refractivity contribution in [2.24, 2.45) is 0 Å². The summed E-state index contributed by atoms with van der Waals surface area (Å²) in [7, 11) is 1.99. The number of piperazine rings is 2. The van der Waals surface area contributed by atoms with Gasteiger partial charge in [-0.3, -0.25) is 19.7 Å². The van der Waals surface area contributed by atoms with Crippen LogP contribution in [0.5, 0.6) is 0 Å². The Hall–Kier alpha value is -5.91. The van der Waals surface area contributed by atoms with Gasteiger partial charge in [0.25, 0.3) is 5.89 Å². The maximum Gasteiger partial charge on any atom is 0.327 e. The number of anilines is 4. The van der Waals surface area contributed by atoms with Crippen molar-refractivity contribution in [1.29, 1.82) is 0 Å². The molecule has 5 aromatic rings. The fourth-order valence-electron chi connectivity index (χ4n) is 6.80. The zero-order chi connectivity index (χ0) is 37.6. The van der Waals surface area contributed by atoms with Crippen LogP contribution in [0.25, 0.3) is 33.4 Å². The number of hydrogen-bond acceptors (Lipinski definition) is 11. The number of rotatable bonds is 7. The monoisotopic (exact) mass is 731 g/mol. The third kappa shape index (κ3) is 6.76. The Morgan fingerprint density at radius 3 is 2.17 bits per heavy atom. The second-order valence-electron chi connectivity index (χ2n) is 13.1. The van der Waals surface area contributed by atoms with Gasteiger partial charge in [0.2, 0.25) is 16.8 Å². The quantitative estimate of drug-likeness (QED) is 0.253. The van der Waals surface area contributed by atoms with Gasteiger partial charge >= 0.3 is 12.0 Å². The average molecular weight is 732 g/mol. The highest BCUT2D eigenvalue weighted by atomic mass is 19.1. The van der Waals surface area contributed by atoms with Gasteiger partial charge in [0, 0.05) is 90.2 Å². The number of benzene rings is 1. The number of nitrogens with zero attached hydrogens (tertiary/aromatic N) is 9. The van der Waals surface area contributed by atoms with Gasteiger partial charge in [-0.2, -0.15) is 0 Å². The molecule has 2 aliphatic rings. The fraction of sp³-hybridized carbons (Fsp3) is 0.400. The van der Waals surface area contributed by atoms with Crippen LogP contribution in [0.1, 0.15) is 20.8 Å². The fourth-order valence-corrected chi connectivity index (χ4v) is 6.80. The molecule has 0 atom stereocenters. The van der Waals surface area contributed by atoms with Crippen LogP contribution in [0.2, 0.25) is 0 Å². The molecular formula is C35H39F2N11O5. The molecule has 0 spiro atoms. The van der Waals surface area contributed by atoms with Crippen molar-refractivity contribution in [3.63, 3.8) is 0 Å². The number of nitrogens with one attached hydrogen (secondary N) is 2. The second kappa shape index (κ2) is 14.3. The van der Waals surface area contributed by atoms with Gasteiger partial charge in [-0.05, 0) is 39.1 Å². The zero-order valence-electron chi connectivity index (χ0n) is 29.8. The summed E-state index contributed by atoms with van der Waals surface area (Å²) in [5.41, 5.74) is -0.198. The number of aromatic nitrogens is 5. The zero-order valence-corrected chi connectivity index (χ0v) is 29.8. The second-order valence-corrected chi connectivity index (χ2v) is 13.1. The van der Waals surface area contributed by atoms with Crippen LogP contribution in [0.15, 0.2) is 44.6 Å². The molecule has 2 fully saturated rings. The molecule has 16 nitrogen and oxygen atoms in total. The van der Waals surface area contributed by atoms with Crippen molar-refractivity contribution in [2.45, 2.75) is 33.9 Å². The largest absolute Gasteiger partial charge is 0.403 e. The molecule has 0 saturated carbocycles. The highest BCUT2D eigenvalue weighted by molar-refractivity contribution is 5.99. The van der Waals surface area contributed by atoms with Crippen molar-refractivity contribution in [3.05, 3.63) is 62.7 Å². The molecule has 2 aliphatic heterocycles. The molecule has 0 radical (unpaired) electrons. The Morgan fingerprint density at radius 1 is 0.811 bits per heavy atom. The molecule has 2 N–H and O–H groups in total. The molecule has 18 heteroatoms. The Kier molecular flexibility index (Phi) is 9.54. The molecular weight excluding hydrogens is 692 g/mol. The first-order valence-electron chi connectivity index (χ1n) is 17.4. The van der Waals surface area contributed by atoms with E-state index in [0.29, 0.717) is 63.6 Å². The van der Waals surface area contributed by atoms with Crippen molar-refractivity contribution in [1.82, 2.24) is 34.1 Å². The number of carbonyl (C=O) groups excluding carboxylic acids is 2. The van der Waals surface area contributed by atoms with Gasteiger partial charge in [0.05, 0.1) is 16.6 Å². The first-order chi connectivity index (χ1) is 25.4. The van der Waals surface area contributed by atoms with E-state index >= 15 is 8.78 Å². The van der Waals surface area contributed by atoms with E-state index < -0.39 is 28.5 Å². The van der Waals surface area contributed by atoms with Gasteiger partial charge in [-0.25, -0.2) is 18.6 Å². The van der Waals surface area contributed by atoms with Gasteiger partial charge < -0.3 is 38.5 Å². The number of pyridine rings is 3. The highest BCUT2D eigenvalue weighted by Gasteiger charge is 2.25. The Labute approximate surface area is 301 Å². The normalized spacial score (nSPS) is 15.4. The van der Waals surface area contributed by atoms with Gasteiger partial charge in [-0.1, -0.05) is 5.10 Å². The third-order valence-electron chi connectivity index (χ3n) is 9.81. The van der Waals surface area contributed by atoms with E-state index in [1.165, 1.54) is 25.4 Å². The number of hydrogen-bond donors (Lipinski definition) is 2. The summed E-state index contributed by atoms with van der Waals surface area (Å²) in [5.74, 6) is -1.29. The predicted molar refractivity (Wildman–Crippen MR) is 196 cm³/mol. The number of likely N-dealkylation sites (N-methyl/N-ethyl adjacent to an activating group) is 1. The van der Waals surface area contributed by atoms with E-state index in [0.717, 1.165) is 19.2 Å². The predicted octanol–water partition coefficient (Wildman–Crippen LogP) is 3.14. The number of halogens is 2. The molecule has 7 rings (SSSR count). The Bertz CT molecular complexity index is 2360. The van der Waals surface area contributed by atoms with Crippen molar-refractivity contribution >= 4 is 57.1 Å². The van der Waals surface area contributed by atoms with E-state index in [4.69, 9.17) is 4.42 Å². The smallest absolute Gasteiger partial charge is 0.327 e. The molecule has 1 aromatic carbocycles. The van der Waals surface area contributed by atoms with E-state index in [9.17, 15) is 19.2 Å². The molecule has 53 heavy (non-hydrogen) atoms. The van der Waals surface area contributed by atoms with Crippen molar-refractivity contribution in [2.75, 3.05) is 79.8 Å². The number of aryl methyl sites for hydroxylation is 2. The lowest BCUT2D eigenvalue weighted by molar-refractivity contribution is -0.129. The van der Waals surface area contributed by atoms with Crippen LogP contribution in [-0.4, -0.2) is 105 Å². The van der Waals surface area contributed by atoms with E-state index in [-0.39, 0.29) is 51.3 Å². The molecule has 278 valence electrons. The summed E-state index contributed by atoms with van der Waals surface area (Å²) in [6, 6.07) is 2.69. The minimum Gasteiger partial charge on any atom is -0.403 e. The number of amides is 3. The summed E-state index contributed by atoms with van der Waals surface area (Å²) in [6.45, 7) is 10.5. The van der Waals surface area contributed by atoms with E-state index in [2.05, 4.69) is 30.7 Å². The van der Waals surface area contributed by atoms with E-state index in [1.807, 2.05) is 30.7 Å². The molecule has 0 unspecified atom stereocenters. The molecule has 0 aliphatic carbocycles. The summed E-state index contributed by atoms with van der Waals surface area (Å²) in [4.78, 5) is 63.9. The molecule has 6 heterocycles. The Morgan fingerprint density at radius 2 is 1.49 bits per heavy atom. The van der Waals surface area contributed by atoms with Crippen molar-refractivity contribution in [3.8, 4) is 11.5 Å². The standard InChI is InChI=1S/C35H39F2N11O5/c1-5-44-18-23(29(50)21-15-24(36)28(17-27(21)44)47-13-11-46(12-14-47)20(3)49)33-41-42-35(53-33)40-34(52)38-26-19-45(6-2)31-22(30(26)51)16-25(37)32(39-31)48-9-7-43(4)8-10-48/h15-19H,5-14H2,1-4H3,(H2,38,40,42,52). The van der Waals surface area contributed by atoms with Crippen LogP contribution in [-0.2, 0) is 17.9 Å². The summed E-state index contributed by atoms with van der Waals surface area (Å²) in [6.07, 6.45) is 2.96. The van der Waals surface area contributed by atoms with Gasteiger partial charge in [-0.15, -0.1) is 5.10 Å². The summed E-state index contributed by atoms with van der Waals surface area (Å²) < 4.78 is 39.8. The van der Waals surface area contributed by atoms with Crippen molar-refractivity contribution < 1.29 is 22.8 Å². The lowest BCUT2D eigenvalue weighted by atomic mass is 10.1. The minimum absolute atomic E-state index is 0.00252. The first-order valence-corrected chi connectivity index (χ1v) is 17.4. The maximum absolute atomic E-state index is 15.5. The SMILES string of the molecule is CCn1cc(-c2nnc(NC(=O)Nc3cn(CC)c4nc(N5CCN(C)CC5)c(F)cc4c3=O)o2)c(=O)c2cc(F)c(N3CCN(C(C)=O)CC3)cc21. The average Bonchev–Trinajstić information content (AvgIpc) is 3.61. The molecule has 0 bridgehead atoms. The molecule has 3 amide bonds.